The van der Waals surface area contributed by atoms with Crippen LogP contribution in [0.3, 0.4) is 0 Å². The first kappa shape index (κ1) is 18.6. The molecular weight excluding hydrogens is 296 g/mol. The summed E-state index contributed by atoms with van der Waals surface area (Å²) in [5, 5.41) is 2.49. The van der Waals surface area contributed by atoms with Gasteiger partial charge in [-0.3, -0.25) is 0 Å². The lowest BCUT2D eigenvalue weighted by Crippen LogP contribution is -2.56. The van der Waals surface area contributed by atoms with Crippen molar-refractivity contribution < 1.29 is 26.3 Å². The van der Waals surface area contributed by atoms with Crippen LogP contribution in [0.1, 0.15) is 46.0 Å². The van der Waals surface area contributed by atoms with Crippen molar-refractivity contribution >= 4 is 0 Å². The van der Waals surface area contributed by atoms with Gasteiger partial charge in [0.05, 0.1) is 0 Å². The molecule has 0 aromatic rings. The monoisotopic (exact) mass is 319 g/mol. The average Bonchev–Trinajstić information content (AvgIpc) is 2.35. The van der Waals surface area contributed by atoms with E-state index in [1.54, 1.807) is 6.92 Å². The third-order valence-electron chi connectivity index (χ3n) is 4.46. The predicted octanol–water partition coefficient (Wildman–Crippen LogP) is 4.92. The average molecular weight is 319 g/mol. The molecule has 1 nitrogen and oxygen atoms in total. The molecule has 3 unspecified atom stereocenters. The van der Waals surface area contributed by atoms with Crippen LogP contribution in [0.25, 0.3) is 0 Å². The maximum absolute atomic E-state index is 13.0. The van der Waals surface area contributed by atoms with Crippen molar-refractivity contribution in [3.8, 4) is 0 Å². The Morgan fingerprint density at radius 1 is 0.952 bits per heavy atom. The summed E-state index contributed by atoms with van der Waals surface area (Å²) >= 11 is 0. The highest BCUT2D eigenvalue weighted by Gasteiger charge is 2.61. The van der Waals surface area contributed by atoms with Crippen LogP contribution in [0.4, 0.5) is 26.3 Å². The lowest BCUT2D eigenvalue weighted by molar-refractivity contribution is -0.296. The zero-order chi connectivity index (χ0) is 16.3. The Hall–Kier alpha value is -0.460. The summed E-state index contributed by atoms with van der Waals surface area (Å²) in [5.41, 5.74) is 0. The van der Waals surface area contributed by atoms with Gasteiger partial charge in [0.2, 0.25) is 0 Å². The Balaban J connectivity index is 3.11. The van der Waals surface area contributed by atoms with E-state index in [-0.39, 0.29) is 12.5 Å². The highest BCUT2D eigenvalue weighted by atomic mass is 19.4. The highest BCUT2D eigenvalue weighted by Crippen LogP contribution is 2.47. The summed E-state index contributed by atoms with van der Waals surface area (Å²) in [6.07, 6.45) is -7.21. The smallest absolute Gasteiger partial charge is 0.313 e. The Kier molecular flexibility index (Phi) is 6.37. The Labute approximate surface area is 121 Å². The molecule has 0 aliphatic heterocycles. The van der Waals surface area contributed by atoms with Gasteiger partial charge in [-0.15, -0.1) is 0 Å². The maximum atomic E-state index is 13.0. The largest absolute Gasteiger partial charge is 0.402 e. The fraction of sp³-hybridized carbons (Fsp3) is 1.00. The van der Waals surface area contributed by atoms with Gasteiger partial charge in [0.25, 0.3) is 0 Å². The highest BCUT2D eigenvalue weighted by molar-refractivity contribution is 4.94. The number of rotatable bonds is 5. The van der Waals surface area contributed by atoms with Crippen molar-refractivity contribution in [1.29, 1.82) is 0 Å². The van der Waals surface area contributed by atoms with Crippen molar-refractivity contribution in [2.24, 2.45) is 17.8 Å². The van der Waals surface area contributed by atoms with E-state index in [1.165, 1.54) is 0 Å². The molecule has 0 amide bonds. The van der Waals surface area contributed by atoms with E-state index in [4.69, 9.17) is 0 Å². The van der Waals surface area contributed by atoms with Gasteiger partial charge in [0.1, 0.15) is 0 Å². The zero-order valence-electron chi connectivity index (χ0n) is 12.3. The summed E-state index contributed by atoms with van der Waals surface area (Å²) < 4.78 is 78.1. The van der Waals surface area contributed by atoms with Crippen LogP contribution in [0.5, 0.6) is 0 Å². The first-order valence-corrected chi connectivity index (χ1v) is 7.49. The second-order valence-electron chi connectivity index (χ2n) is 5.76. The first-order chi connectivity index (χ1) is 9.62. The van der Waals surface area contributed by atoms with Crippen molar-refractivity contribution in [2.45, 2.75) is 64.3 Å². The second-order valence-corrected chi connectivity index (χ2v) is 5.76. The van der Waals surface area contributed by atoms with E-state index in [0.717, 1.165) is 6.42 Å². The molecule has 1 N–H and O–H groups in total. The fourth-order valence-corrected chi connectivity index (χ4v) is 3.56. The van der Waals surface area contributed by atoms with E-state index in [9.17, 15) is 26.3 Å². The van der Waals surface area contributed by atoms with E-state index in [0.29, 0.717) is 25.7 Å². The van der Waals surface area contributed by atoms with Gasteiger partial charge in [-0.2, -0.15) is 26.3 Å². The van der Waals surface area contributed by atoms with E-state index in [1.807, 2.05) is 6.92 Å². The summed E-state index contributed by atoms with van der Waals surface area (Å²) in [5.74, 6) is -3.94. The lowest BCUT2D eigenvalue weighted by Gasteiger charge is -2.42. The van der Waals surface area contributed by atoms with Crippen molar-refractivity contribution in [2.75, 3.05) is 6.54 Å². The van der Waals surface area contributed by atoms with E-state index < -0.39 is 30.2 Å². The van der Waals surface area contributed by atoms with Crippen LogP contribution in [0.15, 0.2) is 0 Å². The lowest BCUT2D eigenvalue weighted by atomic mass is 9.70. The summed E-state index contributed by atoms with van der Waals surface area (Å²) in [6.45, 7) is 3.48. The maximum Gasteiger partial charge on any atom is 0.402 e. The molecule has 1 saturated carbocycles. The quantitative estimate of drug-likeness (QED) is 0.709. The Morgan fingerprint density at radius 3 is 1.90 bits per heavy atom. The van der Waals surface area contributed by atoms with Crippen LogP contribution in [-0.2, 0) is 0 Å². The molecule has 0 saturated heterocycles. The number of nitrogens with one attached hydrogen (secondary N) is 1. The third-order valence-corrected chi connectivity index (χ3v) is 4.46. The van der Waals surface area contributed by atoms with E-state index in [2.05, 4.69) is 5.32 Å². The molecule has 0 aromatic heterocycles. The molecule has 1 aliphatic rings. The van der Waals surface area contributed by atoms with Crippen LogP contribution < -0.4 is 5.32 Å². The molecule has 0 spiro atoms. The van der Waals surface area contributed by atoms with Gasteiger partial charge in [-0.25, -0.2) is 0 Å². The zero-order valence-corrected chi connectivity index (χ0v) is 12.3. The normalized spacial score (nSPS) is 26.1. The summed E-state index contributed by atoms with van der Waals surface area (Å²) in [7, 11) is 0. The molecular formula is C14H23F6N. The molecule has 0 bridgehead atoms. The topological polar surface area (TPSA) is 12.0 Å². The molecule has 0 aromatic carbocycles. The summed E-state index contributed by atoms with van der Waals surface area (Å²) in [4.78, 5) is 0. The fourth-order valence-electron chi connectivity index (χ4n) is 3.56. The SMILES string of the molecule is CCNC(C1CCCCC1CC)C(C(F)(F)F)C(F)(F)F. The first-order valence-electron chi connectivity index (χ1n) is 7.49. The van der Waals surface area contributed by atoms with Gasteiger partial charge in [-0.1, -0.05) is 39.5 Å². The molecule has 3 atom stereocenters. The summed E-state index contributed by atoms with van der Waals surface area (Å²) in [6, 6.07) is -1.58. The van der Waals surface area contributed by atoms with Crippen LogP contribution >= 0.6 is 0 Å². The molecule has 1 rings (SSSR count). The Bertz CT molecular complexity index is 298. The molecule has 7 heteroatoms. The van der Waals surface area contributed by atoms with Crippen molar-refractivity contribution in [3.63, 3.8) is 0 Å². The number of alkyl halides is 6. The molecule has 1 fully saturated rings. The van der Waals surface area contributed by atoms with Gasteiger partial charge >= 0.3 is 12.4 Å². The van der Waals surface area contributed by atoms with Crippen molar-refractivity contribution in [1.82, 2.24) is 5.32 Å². The van der Waals surface area contributed by atoms with Crippen LogP contribution in [0.2, 0.25) is 0 Å². The third kappa shape index (κ3) is 4.76. The van der Waals surface area contributed by atoms with Crippen LogP contribution in [-0.4, -0.2) is 24.9 Å². The minimum atomic E-state index is -5.28. The minimum Gasteiger partial charge on any atom is -0.313 e. The minimum absolute atomic E-state index is 0.0741. The van der Waals surface area contributed by atoms with Gasteiger partial charge in [0, 0.05) is 6.04 Å². The molecule has 0 radical (unpaired) electrons. The molecule has 0 heterocycles. The van der Waals surface area contributed by atoms with Gasteiger partial charge < -0.3 is 5.32 Å². The number of hydrogen-bond acceptors (Lipinski definition) is 1. The van der Waals surface area contributed by atoms with Gasteiger partial charge in [-0.05, 0) is 24.8 Å². The van der Waals surface area contributed by atoms with Crippen molar-refractivity contribution in [3.05, 3.63) is 0 Å². The van der Waals surface area contributed by atoms with E-state index >= 15 is 0 Å². The molecule has 126 valence electrons. The molecule has 1 aliphatic carbocycles. The Morgan fingerprint density at radius 2 is 1.48 bits per heavy atom. The number of hydrogen-bond donors (Lipinski definition) is 1. The van der Waals surface area contributed by atoms with Gasteiger partial charge in [0.15, 0.2) is 5.92 Å². The second kappa shape index (κ2) is 7.20. The molecule has 21 heavy (non-hydrogen) atoms. The number of halogens is 6. The predicted molar refractivity (Wildman–Crippen MR) is 68.8 cm³/mol. The van der Waals surface area contributed by atoms with Crippen LogP contribution in [0, 0.1) is 17.8 Å². The standard InChI is InChI=1S/C14H23F6N/c1-3-9-7-5-6-8-10(9)11(21-4-2)12(13(15,16)17)14(18,19)20/h9-12,21H,3-8H2,1-2H3.